The molecule has 0 radical (unpaired) electrons. The van der Waals surface area contributed by atoms with E-state index in [1.165, 1.54) is 5.56 Å². The SMILES string of the molecule is CCN1CCN(CC(=O)NCCc2cccc(OC)c2)CC1. The summed E-state index contributed by atoms with van der Waals surface area (Å²) in [5, 5.41) is 3.01. The number of carbonyl (C=O) groups is 1. The van der Waals surface area contributed by atoms with Gasteiger partial charge in [0.2, 0.25) is 5.91 Å². The molecule has 0 bridgehead atoms. The minimum atomic E-state index is 0.118. The van der Waals surface area contributed by atoms with Crippen LogP contribution in [0.1, 0.15) is 12.5 Å². The van der Waals surface area contributed by atoms with Gasteiger partial charge < -0.3 is 15.0 Å². The summed E-state index contributed by atoms with van der Waals surface area (Å²) in [6.45, 7) is 8.55. The molecule has 0 aromatic heterocycles. The molecule has 5 heteroatoms. The lowest BCUT2D eigenvalue weighted by Gasteiger charge is -2.33. The van der Waals surface area contributed by atoms with Crippen LogP contribution in [0.15, 0.2) is 24.3 Å². The van der Waals surface area contributed by atoms with Crippen molar-refractivity contribution in [2.75, 3.05) is 52.9 Å². The number of hydrogen-bond donors (Lipinski definition) is 1. The third-order valence-electron chi connectivity index (χ3n) is 4.15. The fourth-order valence-electron chi connectivity index (χ4n) is 2.70. The van der Waals surface area contributed by atoms with Crippen LogP contribution >= 0.6 is 0 Å². The van der Waals surface area contributed by atoms with Crippen LogP contribution in [0.2, 0.25) is 0 Å². The van der Waals surface area contributed by atoms with Crippen molar-refractivity contribution in [3.8, 4) is 5.75 Å². The Morgan fingerprint density at radius 3 is 2.64 bits per heavy atom. The van der Waals surface area contributed by atoms with Crippen molar-refractivity contribution in [1.82, 2.24) is 15.1 Å². The van der Waals surface area contributed by atoms with Gasteiger partial charge in [0.05, 0.1) is 13.7 Å². The molecule has 22 heavy (non-hydrogen) atoms. The fourth-order valence-corrected chi connectivity index (χ4v) is 2.70. The molecule has 1 aromatic rings. The highest BCUT2D eigenvalue weighted by Crippen LogP contribution is 2.12. The van der Waals surface area contributed by atoms with E-state index in [0.717, 1.165) is 44.9 Å². The first kappa shape index (κ1) is 16.8. The molecule has 0 saturated carbocycles. The third kappa shape index (κ3) is 5.31. The molecule has 1 heterocycles. The number of carbonyl (C=O) groups excluding carboxylic acids is 1. The molecule has 1 aliphatic heterocycles. The van der Waals surface area contributed by atoms with Crippen molar-refractivity contribution in [1.29, 1.82) is 0 Å². The number of methoxy groups -OCH3 is 1. The second-order valence-corrected chi connectivity index (χ2v) is 5.66. The van der Waals surface area contributed by atoms with Crippen molar-refractivity contribution in [2.24, 2.45) is 0 Å². The fraction of sp³-hybridized carbons (Fsp3) is 0.588. The third-order valence-corrected chi connectivity index (χ3v) is 4.15. The normalized spacial score (nSPS) is 16.5. The summed E-state index contributed by atoms with van der Waals surface area (Å²) in [6, 6.07) is 7.97. The van der Waals surface area contributed by atoms with Gasteiger partial charge in [-0.15, -0.1) is 0 Å². The monoisotopic (exact) mass is 305 g/mol. The summed E-state index contributed by atoms with van der Waals surface area (Å²) < 4.78 is 5.20. The summed E-state index contributed by atoms with van der Waals surface area (Å²) >= 11 is 0. The van der Waals surface area contributed by atoms with E-state index < -0.39 is 0 Å². The van der Waals surface area contributed by atoms with Crippen molar-refractivity contribution in [3.63, 3.8) is 0 Å². The predicted molar refractivity (Wildman–Crippen MR) is 88.3 cm³/mol. The van der Waals surface area contributed by atoms with Crippen molar-refractivity contribution < 1.29 is 9.53 Å². The topological polar surface area (TPSA) is 44.8 Å². The maximum Gasteiger partial charge on any atom is 0.234 e. The Morgan fingerprint density at radius 2 is 1.95 bits per heavy atom. The molecule has 0 atom stereocenters. The van der Waals surface area contributed by atoms with Gasteiger partial charge in [0.25, 0.3) is 0 Å². The van der Waals surface area contributed by atoms with E-state index in [9.17, 15) is 4.79 Å². The molecule has 1 N–H and O–H groups in total. The van der Waals surface area contributed by atoms with Crippen LogP contribution in [-0.4, -0.2) is 68.6 Å². The molecular weight excluding hydrogens is 278 g/mol. The summed E-state index contributed by atoms with van der Waals surface area (Å²) in [7, 11) is 1.67. The van der Waals surface area contributed by atoms with E-state index in [1.807, 2.05) is 18.2 Å². The van der Waals surface area contributed by atoms with Gasteiger partial charge in [0.1, 0.15) is 5.75 Å². The standard InChI is InChI=1S/C17H27N3O2/c1-3-19-9-11-20(12-10-19)14-17(21)18-8-7-15-5-4-6-16(13-15)22-2/h4-6,13H,3,7-12,14H2,1-2H3,(H,18,21). The second-order valence-electron chi connectivity index (χ2n) is 5.66. The lowest BCUT2D eigenvalue weighted by molar-refractivity contribution is -0.122. The summed E-state index contributed by atoms with van der Waals surface area (Å²) in [5.74, 6) is 0.977. The first-order chi connectivity index (χ1) is 10.7. The van der Waals surface area contributed by atoms with E-state index in [1.54, 1.807) is 7.11 Å². The van der Waals surface area contributed by atoms with Crippen molar-refractivity contribution >= 4 is 5.91 Å². The average molecular weight is 305 g/mol. The van der Waals surface area contributed by atoms with Gasteiger partial charge in [-0.25, -0.2) is 0 Å². The minimum absolute atomic E-state index is 0.118. The number of piperazine rings is 1. The number of amides is 1. The van der Waals surface area contributed by atoms with Gasteiger partial charge in [-0.2, -0.15) is 0 Å². The highest BCUT2D eigenvalue weighted by Gasteiger charge is 2.17. The van der Waals surface area contributed by atoms with Gasteiger partial charge in [-0.1, -0.05) is 19.1 Å². The van der Waals surface area contributed by atoms with Gasteiger partial charge in [0, 0.05) is 32.7 Å². The molecule has 0 unspecified atom stereocenters. The Hall–Kier alpha value is -1.59. The number of benzene rings is 1. The highest BCUT2D eigenvalue weighted by molar-refractivity contribution is 5.78. The van der Waals surface area contributed by atoms with E-state index in [2.05, 4.69) is 28.1 Å². The molecule has 1 aromatic carbocycles. The summed E-state index contributed by atoms with van der Waals surface area (Å²) in [6.07, 6.45) is 0.826. The maximum atomic E-state index is 12.0. The molecule has 1 saturated heterocycles. The first-order valence-corrected chi connectivity index (χ1v) is 8.05. The summed E-state index contributed by atoms with van der Waals surface area (Å²) in [5.41, 5.74) is 1.18. The zero-order valence-electron chi connectivity index (χ0n) is 13.7. The molecule has 122 valence electrons. The molecule has 1 fully saturated rings. The Bertz CT molecular complexity index is 471. The predicted octanol–water partition coefficient (Wildman–Crippen LogP) is 0.991. The van der Waals surface area contributed by atoms with Crippen LogP contribution in [0.4, 0.5) is 0 Å². The minimum Gasteiger partial charge on any atom is -0.497 e. The van der Waals surface area contributed by atoms with E-state index >= 15 is 0 Å². The van der Waals surface area contributed by atoms with Crippen LogP contribution in [0.5, 0.6) is 5.75 Å². The molecule has 0 spiro atoms. The summed E-state index contributed by atoms with van der Waals surface area (Å²) in [4.78, 5) is 16.6. The van der Waals surface area contributed by atoms with Gasteiger partial charge >= 0.3 is 0 Å². The van der Waals surface area contributed by atoms with Crippen LogP contribution in [0.3, 0.4) is 0 Å². The van der Waals surface area contributed by atoms with Crippen LogP contribution in [-0.2, 0) is 11.2 Å². The van der Waals surface area contributed by atoms with E-state index in [4.69, 9.17) is 4.74 Å². The zero-order valence-corrected chi connectivity index (χ0v) is 13.7. The molecule has 5 nitrogen and oxygen atoms in total. The van der Waals surface area contributed by atoms with Crippen molar-refractivity contribution in [2.45, 2.75) is 13.3 Å². The van der Waals surface area contributed by atoms with Gasteiger partial charge in [0.15, 0.2) is 0 Å². The number of nitrogens with zero attached hydrogens (tertiary/aromatic N) is 2. The lowest BCUT2D eigenvalue weighted by Crippen LogP contribution is -2.49. The average Bonchev–Trinajstić information content (AvgIpc) is 2.56. The Labute approximate surface area is 133 Å². The second kappa shape index (κ2) is 8.76. The Morgan fingerprint density at radius 1 is 1.23 bits per heavy atom. The quantitative estimate of drug-likeness (QED) is 0.816. The molecule has 0 aliphatic carbocycles. The maximum absolute atomic E-state index is 12.0. The number of nitrogens with one attached hydrogen (secondary N) is 1. The van der Waals surface area contributed by atoms with E-state index in [0.29, 0.717) is 13.1 Å². The Kier molecular flexibility index (Phi) is 6.68. The van der Waals surface area contributed by atoms with Crippen LogP contribution < -0.4 is 10.1 Å². The van der Waals surface area contributed by atoms with Crippen LogP contribution in [0.25, 0.3) is 0 Å². The highest BCUT2D eigenvalue weighted by atomic mass is 16.5. The Balaban J connectivity index is 1.65. The zero-order chi connectivity index (χ0) is 15.8. The molecule has 2 rings (SSSR count). The van der Waals surface area contributed by atoms with Gasteiger partial charge in [-0.3, -0.25) is 9.69 Å². The molecular formula is C17H27N3O2. The number of likely N-dealkylation sites (N-methyl/N-ethyl adjacent to an activating group) is 1. The number of rotatable bonds is 7. The van der Waals surface area contributed by atoms with Gasteiger partial charge in [-0.05, 0) is 30.7 Å². The van der Waals surface area contributed by atoms with E-state index in [-0.39, 0.29) is 5.91 Å². The number of ether oxygens (including phenoxy) is 1. The number of hydrogen-bond acceptors (Lipinski definition) is 4. The smallest absolute Gasteiger partial charge is 0.234 e. The lowest BCUT2D eigenvalue weighted by atomic mass is 10.1. The van der Waals surface area contributed by atoms with Crippen LogP contribution in [0, 0.1) is 0 Å². The molecule has 1 amide bonds. The first-order valence-electron chi connectivity index (χ1n) is 8.05. The van der Waals surface area contributed by atoms with Crippen molar-refractivity contribution in [3.05, 3.63) is 29.8 Å². The largest absolute Gasteiger partial charge is 0.497 e. The molecule has 1 aliphatic rings.